The van der Waals surface area contributed by atoms with Crippen molar-refractivity contribution in [2.24, 2.45) is 0 Å². The zero-order valence-electron chi connectivity index (χ0n) is 13.9. The van der Waals surface area contributed by atoms with Gasteiger partial charge in [-0.3, -0.25) is 4.79 Å². The molecule has 2 rings (SSSR count). The molecule has 5 nitrogen and oxygen atoms in total. The molecule has 2 aromatic carbocycles. The van der Waals surface area contributed by atoms with Crippen molar-refractivity contribution in [3.63, 3.8) is 0 Å². The van der Waals surface area contributed by atoms with Gasteiger partial charge in [0.05, 0.1) is 5.56 Å². The van der Waals surface area contributed by atoms with Crippen molar-refractivity contribution in [2.45, 2.75) is 19.2 Å². The first-order chi connectivity index (χ1) is 12.3. The molecule has 0 aliphatic carbocycles. The maximum absolute atomic E-state index is 12.5. The van der Waals surface area contributed by atoms with Crippen LogP contribution in [0.5, 0.6) is 11.5 Å². The molecule has 2 N–H and O–H groups in total. The van der Waals surface area contributed by atoms with Gasteiger partial charge in [0.2, 0.25) is 0 Å². The molecule has 26 heavy (non-hydrogen) atoms. The van der Waals surface area contributed by atoms with E-state index in [-0.39, 0.29) is 18.9 Å². The SMILES string of the molecule is CC(=O)Oc1ccccc1OCC(O)CNc1ccc(C(F)(F)F)cc1. The molecule has 0 saturated carbocycles. The highest BCUT2D eigenvalue weighted by atomic mass is 19.4. The summed E-state index contributed by atoms with van der Waals surface area (Å²) in [6.07, 6.45) is -5.32. The molecule has 0 fully saturated rings. The van der Waals surface area contributed by atoms with E-state index in [0.29, 0.717) is 11.4 Å². The number of esters is 1. The van der Waals surface area contributed by atoms with Crippen LogP contribution >= 0.6 is 0 Å². The van der Waals surface area contributed by atoms with Gasteiger partial charge in [0, 0.05) is 19.2 Å². The maximum atomic E-state index is 12.5. The van der Waals surface area contributed by atoms with Gasteiger partial charge in [-0.2, -0.15) is 13.2 Å². The Balaban J connectivity index is 1.84. The second kappa shape index (κ2) is 8.57. The van der Waals surface area contributed by atoms with E-state index in [0.717, 1.165) is 12.1 Å². The summed E-state index contributed by atoms with van der Waals surface area (Å²) in [7, 11) is 0. The minimum Gasteiger partial charge on any atom is -0.487 e. The average molecular weight is 369 g/mol. The number of ether oxygens (including phenoxy) is 2. The highest BCUT2D eigenvalue weighted by molar-refractivity contribution is 5.70. The molecule has 0 aromatic heterocycles. The van der Waals surface area contributed by atoms with Gasteiger partial charge >= 0.3 is 12.1 Å². The molecule has 140 valence electrons. The zero-order valence-corrected chi connectivity index (χ0v) is 13.9. The number of halogens is 3. The van der Waals surface area contributed by atoms with E-state index in [1.807, 2.05) is 0 Å². The summed E-state index contributed by atoms with van der Waals surface area (Å²) < 4.78 is 47.9. The van der Waals surface area contributed by atoms with E-state index in [1.165, 1.54) is 19.1 Å². The Morgan fingerprint density at radius 2 is 1.73 bits per heavy atom. The molecule has 8 heteroatoms. The Bertz CT molecular complexity index is 732. The fraction of sp³-hybridized carbons (Fsp3) is 0.278. The topological polar surface area (TPSA) is 67.8 Å². The van der Waals surface area contributed by atoms with Crippen LogP contribution in [-0.4, -0.2) is 30.3 Å². The minimum atomic E-state index is -4.39. The highest BCUT2D eigenvalue weighted by Crippen LogP contribution is 2.30. The predicted molar refractivity (Wildman–Crippen MR) is 89.2 cm³/mol. The number of alkyl halides is 3. The quantitative estimate of drug-likeness (QED) is 0.578. The average Bonchev–Trinajstić information content (AvgIpc) is 2.58. The first-order valence-corrected chi connectivity index (χ1v) is 7.75. The Hall–Kier alpha value is -2.74. The number of hydrogen-bond acceptors (Lipinski definition) is 5. The Morgan fingerprint density at radius 3 is 2.31 bits per heavy atom. The number of benzene rings is 2. The number of aliphatic hydroxyl groups excluding tert-OH is 1. The molecule has 0 bridgehead atoms. The van der Waals surface area contributed by atoms with Gasteiger partial charge in [-0.1, -0.05) is 12.1 Å². The third-order valence-corrected chi connectivity index (χ3v) is 3.29. The predicted octanol–water partition coefficient (Wildman–Crippen LogP) is 3.48. The number of para-hydroxylation sites is 2. The largest absolute Gasteiger partial charge is 0.487 e. The molecular formula is C18H18F3NO4. The van der Waals surface area contributed by atoms with Gasteiger partial charge in [0.1, 0.15) is 12.7 Å². The second-order valence-electron chi connectivity index (χ2n) is 5.46. The summed E-state index contributed by atoms with van der Waals surface area (Å²) in [5.74, 6) is 0.0461. The number of carbonyl (C=O) groups is 1. The summed E-state index contributed by atoms with van der Waals surface area (Å²) in [5, 5.41) is 12.8. The fourth-order valence-corrected chi connectivity index (χ4v) is 2.07. The summed E-state index contributed by atoms with van der Waals surface area (Å²) in [5.41, 5.74) is -0.300. The van der Waals surface area contributed by atoms with Crippen LogP contribution in [0, 0.1) is 0 Å². The lowest BCUT2D eigenvalue weighted by Crippen LogP contribution is -2.26. The standard InChI is InChI=1S/C18H18F3NO4/c1-12(23)26-17-5-3-2-4-16(17)25-11-15(24)10-22-14-8-6-13(7-9-14)18(19,20)21/h2-9,15,22,24H,10-11H2,1H3. The van der Waals surface area contributed by atoms with E-state index >= 15 is 0 Å². The van der Waals surface area contributed by atoms with Crippen LogP contribution in [0.1, 0.15) is 12.5 Å². The first kappa shape index (κ1) is 19.6. The zero-order chi connectivity index (χ0) is 19.2. The van der Waals surface area contributed by atoms with Crippen molar-refractivity contribution < 1.29 is 32.5 Å². The van der Waals surface area contributed by atoms with Gasteiger partial charge in [-0.25, -0.2) is 0 Å². The molecule has 1 atom stereocenters. The molecule has 0 spiro atoms. The van der Waals surface area contributed by atoms with Gasteiger partial charge < -0.3 is 19.9 Å². The summed E-state index contributed by atoms with van der Waals surface area (Å²) >= 11 is 0. The smallest absolute Gasteiger partial charge is 0.416 e. The lowest BCUT2D eigenvalue weighted by molar-refractivity contribution is -0.137. The van der Waals surface area contributed by atoms with E-state index in [9.17, 15) is 23.1 Å². The number of aliphatic hydroxyl groups is 1. The van der Waals surface area contributed by atoms with Gasteiger partial charge in [0.15, 0.2) is 11.5 Å². The third-order valence-electron chi connectivity index (χ3n) is 3.29. The molecule has 1 unspecified atom stereocenters. The number of nitrogens with one attached hydrogen (secondary N) is 1. The minimum absolute atomic E-state index is 0.0705. The van der Waals surface area contributed by atoms with Crippen LogP contribution in [0.4, 0.5) is 18.9 Å². The summed E-state index contributed by atoms with van der Waals surface area (Å²) in [6, 6.07) is 11.0. The van der Waals surface area contributed by atoms with Gasteiger partial charge in [-0.05, 0) is 36.4 Å². The van der Waals surface area contributed by atoms with Crippen LogP contribution in [0.25, 0.3) is 0 Å². The Morgan fingerprint density at radius 1 is 1.12 bits per heavy atom. The Kier molecular flexibility index (Phi) is 6.46. The van der Waals surface area contributed by atoms with Crippen molar-refractivity contribution >= 4 is 11.7 Å². The molecule has 0 heterocycles. The van der Waals surface area contributed by atoms with Crippen molar-refractivity contribution in [3.05, 3.63) is 54.1 Å². The molecule has 0 aliphatic rings. The van der Waals surface area contributed by atoms with Crippen molar-refractivity contribution in [3.8, 4) is 11.5 Å². The molecule has 2 aromatic rings. The number of hydrogen-bond donors (Lipinski definition) is 2. The number of carbonyl (C=O) groups excluding carboxylic acids is 1. The molecule has 0 radical (unpaired) electrons. The van der Waals surface area contributed by atoms with Crippen LogP contribution in [-0.2, 0) is 11.0 Å². The van der Waals surface area contributed by atoms with Gasteiger partial charge in [0.25, 0.3) is 0 Å². The molecular weight excluding hydrogens is 351 g/mol. The van der Waals surface area contributed by atoms with Gasteiger partial charge in [-0.15, -0.1) is 0 Å². The lowest BCUT2D eigenvalue weighted by Gasteiger charge is -2.16. The van der Waals surface area contributed by atoms with E-state index < -0.39 is 23.8 Å². The van der Waals surface area contributed by atoms with E-state index in [2.05, 4.69) is 5.32 Å². The highest BCUT2D eigenvalue weighted by Gasteiger charge is 2.29. The maximum Gasteiger partial charge on any atom is 0.416 e. The molecule has 0 amide bonds. The normalized spacial score (nSPS) is 12.3. The van der Waals surface area contributed by atoms with Crippen LogP contribution in [0.2, 0.25) is 0 Å². The monoisotopic (exact) mass is 369 g/mol. The number of rotatable bonds is 7. The molecule has 0 saturated heterocycles. The van der Waals surface area contributed by atoms with Crippen LogP contribution < -0.4 is 14.8 Å². The van der Waals surface area contributed by atoms with Crippen LogP contribution in [0.15, 0.2) is 48.5 Å². The van der Waals surface area contributed by atoms with Crippen LogP contribution in [0.3, 0.4) is 0 Å². The van der Waals surface area contributed by atoms with Crippen molar-refractivity contribution in [1.29, 1.82) is 0 Å². The lowest BCUT2D eigenvalue weighted by atomic mass is 10.2. The molecule has 0 aliphatic heterocycles. The fourth-order valence-electron chi connectivity index (χ4n) is 2.07. The first-order valence-electron chi connectivity index (χ1n) is 7.75. The van der Waals surface area contributed by atoms with Crippen molar-refractivity contribution in [1.82, 2.24) is 0 Å². The third kappa shape index (κ3) is 5.96. The van der Waals surface area contributed by atoms with E-state index in [4.69, 9.17) is 9.47 Å². The summed E-state index contributed by atoms with van der Waals surface area (Å²) in [6.45, 7) is 1.24. The second-order valence-corrected chi connectivity index (χ2v) is 5.46. The summed E-state index contributed by atoms with van der Waals surface area (Å²) in [4.78, 5) is 11.0. The van der Waals surface area contributed by atoms with Crippen molar-refractivity contribution in [2.75, 3.05) is 18.5 Å². The van der Waals surface area contributed by atoms with E-state index in [1.54, 1.807) is 24.3 Å². The number of anilines is 1. The Labute approximate surface area is 148 Å².